The maximum Gasteiger partial charge on any atom is 0.277 e. The molecule has 2 heterocycles. The van der Waals surface area contributed by atoms with E-state index in [0.717, 1.165) is 17.1 Å². The average molecular weight is 374 g/mol. The predicted molar refractivity (Wildman–Crippen MR) is 99.4 cm³/mol. The first kappa shape index (κ1) is 17.8. The molecule has 0 saturated heterocycles. The van der Waals surface area contributed by atoms with Gasteiger partial charge in [-0.3, -0.25) is 4.79 Å². The Morgan fingerprint density at radius 2 is 2.04 bits per heavy atom. The van der Waals surface area contributed by atoms with Crippen LogP contribution in [0, 0.1) is 6.92 Å². The van der Waals surface area contributed by atoms with Crippen molar-refractivity contribution in [1.29, 1.82) is 0 Å². The van der Waals surface area contributed by atoms with Crippen LogP contribution in [0.3, 0.4) is 0 Å². The highest BCUT2D eigenvalue weighted by Crippen LogP contribution is 2.25. The minimum Gasteiger partial charge on any atom is -0.416 e. The lowest BCUT2D eigenvalue weighted by Crippen LogP contribution is -2.13. The molecule has 0 aliphatic rings. The molecule has 1 unspecified atom stereocenters. The van der Waals surface area contributed by atoms with Crippen molar-refractivity contribution < 1.29 is 9.21 Å². The highest BCUT2D eigenvalue weighted by Gasteiger charge is 2.20. The van der Waals surface area contributed by atoms with Crippen LogP contribution in [-0.4, -0.2) is 26.2 Å². The maximum atomic E-state index is 12.5. The van der Waals surface area contributed by atoms with Gasteiger partial charge in [0, 0.05) is 10.9 Å². The standard InChI is InChI=1S/C18H19N3O2S2/c1-4-13-5-7-14(8-6-13)17(22)11(2)25-18-21-20-16(23-18)9-15-10-24-12(3)19-15/h5-8,10-11H,4,9H2,1-3H3. The van der Waals surface area contributed by atoms with Gasteiger partial charge in [0.05, 0.1) is 22.4 Å². The molecule has 0 spiro atoms. The number of thiazole rings is 1. The molecular formula is C18H19N3O2S2. The van der Waals surface area contributed by atoms with Crippen molar-refractivity contribution in [2.24, 2.45) is 0 Å². The Kier molecular flexibility index (Phi) is 5.65. The van der Waals surface area contributed by atoms with E-state index in [1.165, 1.54) is 17.3 Å². The molecule has 0 bridgehead atoms. The maximum absolute atomic E-state index is 12.5. The van der Waals surface area contributed by atoms with Crippen LogP contribution in [0.1, 0.15) is 46.4 Å². The summed E-state index contributed by atoms with van der Waals surface area (Å²) in [6, 6.07) is 7.74. The smallest absolute Gasteiger partial charge is 0.277 e. The predicted octanol–water partition coefficient (Wildman–Crippen LogP) is 4.35. The third kappa shape index (κ3) is 4.55. The monoisotopic (exact) mass is 373 g/mol. The number of carbonyl (C=O) groups is 1. The first-order chi connectivity index (χ1) is 12.0. The molecule has 25 heavy (non-hydrogen) atoms. The van der Waals surface area contributed by atoms with Crippen molar-refractivity contribution in [3.8, 4) is 0 Å². The van der Waals surface area contributed by atoms with E-state index in [1.54, 1.807) is 11.3 Å². The zero-order chi connectivity index (χ0) is 17.8. The summed E-state index contributed by atoms with van der Waals surface area (Å²) in [4.78, 5) is 16.9. The van der Waals surface area contributed by atoms with Crippen LogP contribution < -0.4 is 0 Å². The number of Topliss-reactive ketones (excluding diaryl/α,β-unsaturated/α-hetero) is 1. The molecular weight excluding hydrogens is 354 g/mol. The molecule has 2 aromatic heterocycles. The van der Waals surface area contributed by atoms with Gasteiger partial charge in [0.2, 0.25) is 5.89 Å². The topological polar surface area (TPSA) is 68.9 Å². The molecule has 1 atom stereocenters. The summed E-state index contributed by atoms with van der Waals surface area (Å²) in [5, 5.41) is 11.2. The second kappa shape index (κ2) is 7.93. The lowest BCUT2D eigenvalue weighted by Gasteiger charge is -2.08. The van der Waals surface area contributed by atoms with Crippen LogP contribution in [0.4, 0.5) is 0 Å². The number of hydrogen-bond acceptors (Lipinski definition) is 7. The van der Waals surface area contributed by atoms with Gasteiger partial charge in [-0.25, -0.2) is 4.98 Å². The Balaban J connectivity index is 1.62. The van der Waals surface area contributed by atoms with Crippen LogP contribution in [-0.2, 0) is 12.8 Å². The van der Waals surface area contributed by atoms with E-state index in [9.17, 15) is 4.79 Å². The SMILES string of the molecule is CCc1ccc(C(=O)C(C)Sc2nnc(Cc3csc(C)n3)o2)cc1. The Morgan fingerprint density at radius 1 is 1.28 bits per heavy atom. The molecule has 0 saturated carbocycles. The molecule has 0 amide bonds. The number of rotatable bonds is 7. The van der Waals surface area contributed by atoms with Crippen LogP contribution in [0.15, 0.2) is 39.3 Å². The van der Waals surface area contributed by atoms with Crippen LogP contribution >= 0.6 is 23.1 Å². The molecule has 5 nitrogen and oxygen atoms in total. The summed E-state index contributed by atoms with van der Waals surface area (Å²) in [7, 11) is 0. The molecule has 3 rings (SSSR count). The Hall–Kier alpha value is -1.99. The zero-order valence-corrected chi connectivity index (χ0v) is 16.0. The van der Waals surface area contributed by atoms with E-state index in [4.69, 9.17) is 4.42 Å². The van der Waals surface area contributed by atoms with Gasteiger partial charge in [0.1, 0.15) is 0 Å². The number of nitrogens with zero attached hydrogens (tertiary/aromatic N) is 3. The fourth-order valence-electron chi connectivity index (χ4n) is 2.35. The fraction of sp³-hybridized carbons (Fsp3) is 0.333. The van der Waals surface area contributed by atoms with Gasteiger partial charge in [-0.1, -0.05) is 43.0 Å². The van der Waals surface area contributed by atoms with Gasteiger partial charge in [-0.15, -0.1) is 21.5 Å². The van der Waals surface area contributed by atoms with E-state index < -0.39 is 0 Å². The minimum atomic E-state index is -0.290. The number of hydrogen-bond donors (Lipinski definition) is 0. The van der Waals surface area contributed by atoms with E-state index >= 15 is 0 Å². The Labute approximate surface area is 154 Å². The van der Waals surface area contributed by atoms with Crippen molar-refractivity contribution in [2.75, 3.05) is 0 Å². The van der Waals surface area contributed by atoms with Gasteiger partial charge in [-0.2, -0.15) is 0 Å². The van der Waals surface area contributed by atoms with Crippen LogP contribution in [0.5, 0.6) is 0 Å². The van der Waals surface area contributed by atoms with Crippen molar-refractivity contribution in [1.82, 2.24) is 15.2 Å². The zero-order valence-electron chi connectivity index (χ0n) is 14.4. The lowest BCUT2D eigenvalue weighted by atomic mass is 10.1. The molecule has 0 fully saturated rings. The summed E-state index contributed by atoms with van der Waals surface area (Å²) in [5.41, 5.74) is 2.84. The first-order valence-corrected chi connectivity index (χ1v) is 9.84. The first-order valence-electron chi connectivity index (χ1n) is 8.08. The highest BCUT2D eigenvalue weighted by molar-refractivity contribution is 8.00. The second-order valence-electron chi connectivity index (χ2n) is 5.67. The summed E-state index contributed by atoms with van der Waals surface area (Å²) >= 11 is 2.88. The normalized spacial score (nSPS) is 12.3. The van der Waals surface area contributed by atoms with Crippen molar-refractivity contribution in [3.63, 3.8) is 0 Å². The van der Waals surface area contributed by atoms with Gasteiger partial charge in [0.25, 0.3) is 5.22 Å². The molecule has 7 heteroatoms. The molecule has 1 aromatic carbocycles. The van der Waals surface area contributed by atoms with Crippen LogP contribution in [0.2, 0.25) is 0 Å². The fourth-order valence-corrected chi connectivity index (χ4v) is 3.74. The molecule has 3 aromatic rings. The largest absolute Gasteiger partial charge is 0.416 e. The number of aromatic nitrogens is 3. The number of thioether (sulfide) groups is 1. The molecule has 0 N–H and O–H groups in total. The summed E-state index contributed by atoms with van der Waals surface area (Å²) < 4.78 is 5.64. The third-order valence-electron chi connectivity index (χ3n) is 3.74. The number of aryl methyl sites for hydroxylation is 2. The van der Waals surface area contributed by atoms with Gasteiger partial charge in [-0.05, 0) is 25.8 Å². The van der Waals surface area contributed by atoms with Crippen LogP contribution in [0.25, 0.3) is 0 Å². The number of ketones is 1. The minimum absolute atomic E-state index is 0.0579. The average Bonchev–Trinajstić information content (AvgIpc) is 3.23. The van der Waals surface area contributed by atoms with Crippen molar-refractivity contribution in [3.05, 3.63) is 57.4 Å². The van der Waals surface area contributed by atoms with Gasteiger partial charge < -0.3 is 4.42 Å². The van der Waals surface area contributed by atoms with E-state index in [2.05, 4.69) is 22.1 Å². The molecule has 0 aliphatic heterocycles. The van der Waals surface area contributed by atoms with Gasteiger partial charge in [0.15, 0.2) is 5.78 Å². The second-order valence-corrected chi connectivity index (χ2v) is 8.03. The number of benzene rings is 1. The number of carbonyl (C=O) groups excluding carboxylic acids is 1. The van der Waals surface area contributed by atoms with Crippen molar-refractivity contribution >= 4 is 28.9 Å². The molecule has 130 valence electrons. The highest BCUT2D eigenvalue weighted by atomic mass is 32.2. The van der Waals surface area contributed by atoms with E-state index in [1.807, 2.05) is 43.5 Å². The lowest BCUT2D eigenvalue weighted by molar-refractivity contribution is 0.0993. The molecule has 0 radical (unpaired) electrons. The van der Waals surface area contributed by atoms with Crippen molar-refractivity contribution in [2.45, 2.75) is 44.1 Å². The Bertz CT molecular complexity index is 855. The molecule has 0 aliphatic carbocycles. The summed E-state index contributed by atoms with van der Waals surface area (Å²) in [6.07, 6.45) is 1.47. The van der Waals surface area contributed by atoms with Gasteiger partial charge >= 0.3 is 0 Å². The van der Waals surface area contributed by atoms with E-state index in [-0.39, 0.29) is 11.0 Å². The summed E-state index contributed by atoms with van der Waals surface area (Å²) in [6.45, 7) is 5.91. The quantitative estimate of drug-likeness (QED) is 0.453. The summed E-state index contributed by atoms with van der Waals surface area (Å²) in [5.74, 6) is 0.572. The Morgan fingerprint density at radius 3 is 2.68 bits per heavy atom. The van der Waals surface area contributed by atoms with E-state index in [0.29, 0.717) is 23.1 Å². The third-order valence-corrected chi connectivity index (χ3v) is 5.50.